The van der Waals surface area contributed by atoms with Crippen LogP contribution in [0.5, 0.6) is 11.5 Å². The fourth-order valence-corrected chi connectivity index (χ4v) is 8.79. The molecule has 1 saturated heterocycles. The van der Waals surface area contributed by atoms with Crippen LogP contribution in [0.15, 0.2) is 42.5 Å². The quantitative estimate of drug-likeness (QED) is 0.702. The summed E-state index contributed by atoms with van der Waals surface area (Å²) < 4.78 is 40.9. The predicted molar refractivity (Wildman–Crippen MR) is 129 cm³/mol. The molecule has 182 valence electrons. The number of likely N-dealkylation sites (N-methyl/N-ethyl adjacent to an activating group) is 2. The van der Waals surface area contributed by atoms with Crippen LogP contribution >= 0.6 is 0 Å². The number of hydrogen-bond acceptors (Lipinski definition) is 6. The summed E-state index contributed by atoms with van der Waals surface area (Å²) in [7, 11) is 1.78. The smallest absolute Gasteiger partial charge is 0.218 e. The third-order valence-corrected chi connectivity index (χ3v) is 10.8. The monoisotopic (exact) mass is 484 g/mol. The normalized spacial score (nSPS) is 34.0. The molecular weight excluding hydrogens is 452 g/mol. The van der Waals surface area contributed by atoms with Gasteiger partial charge in [0.05, 0.1) is 29.9 Å². The number of nitrogens with zero attached hydrogens (tertiary/aromatic N) is 2. The van der Waals surface area contributed by atoms with Gasteiger partial charge in [-0.1, -0.05) is 36.4 Å². The first-order valence-corrected chi connectivity index (χ1v) is 13.6. The average Bonchev–Trinajstić information content (AvgIpc) is 3.17. The van der Waals surface area contributed by atoms with Crippen LogP contribution in [0, 0.1) is 0 Å². The minimum absolute atomic E-state index is 0.0219. The van der Waals surface area contributed by atoms with Gasteiger partial charge in [-0.25, -0.2) is 8.42 Å². The van der Waals surface area contributed by atoms with Crippen molar-refractivity contribution in [1.29, 1.82) is 0 Å². The van der Waals surface area contributed by atoms with Gasteiger partial charge < -0.3 is 19.5 Å². The molecule has 2 aliphatic heterocycles. The molecule has 0 radical (unpaired) electrons. The minimum atomic E-state index is -3.60. The lowest BCUT2D eigenvalue weighted by Crippen LogP contribution is -2.77. The van der Waals surface area contributed by atoms with Gasteiger partial charge in [-0.15, -0.1) is 0 Å². The Labute approximate surface area is 201 Å². The summed E-state index contributed by atoms with van der Waals surface area (Å²) in [5.74, 6) is 1.28. The van der Waals surface area contributed by atoms with Crippen LogP contribution in [-0.2, 0) is 27.6 Å². The number of sulfonamides is 1. The molecule has 8 heteroatoms. The molecule has 0 amide bonds. The van der Waals surface area contributed by atoms with Crippen molar-refractivity contribution < 1.29 is 23.0 Å². The van der Waals surface area contributed by atoms with E-state index in [9.17, 15) is 13.5 Å². The third-order valence-electron chi connectivity index (χ3n) is 9.00. The van der Waals surface area contributed by atoms with Crippen molar-refractivity contribution in [2.45, 2.75) is 60.6 Å². The van der Waals surface area contributed by atoms with Crippen LogP contribution in [0.2, 0.25) is 0 Å². The highest BCUT2D eigenvalue weighted by Crippen LogP contribution is 2.65. The largest absolute Gasteiger partial charge is 0.493 e. The first kappa shape index (κ1) is 22.3. The van der Waals surface area contributed by atoms with Gasteiger partial charge in [-0.05, 0) is 56.5 Å². The van der Waals surface area contributed by atoms with E-state index >= 15 is 0 Å². The zero-order valence-corrected chi connectivity index (χ0v) is 20.7. The molecule has 34 heavy (non-hydrogen) atoms. The summed E-state index contributed by atoms with van der Waals surface area (Å²) in [5, 5.41) is 12.4. The maximum atomic E-state index is 13.5. The van der Waals surface area contributed by atoms with E-state index in [-0.39, 0.29) is 17.8 Å². The Morgan fingerprint density at radius 1 is 1.21 bits per heavy atom. The topological polar surface area (TPSA) is 79.3 Å². The second kappa shape index (κ2) is 7.43. The van der Waals surface area contributed by atoms with Crippen LogP contribution in [0.1, 0.15) is 36.0 Å². The van der Waals surface area contributed by atoms with E-state index < -0.39 is 27.1 Å². The SMILES string of the molecule is COc1ccc2c3c1O[C@H]1[C@@H](N(C)S(=O)(=O)Cc4ccccc4)CC[C@@]4(O)[C@@H](C2)N(C)CC[C@]314. The highest BCUT2D eigenvalue weighted by Gasteiger charge is 2.73. The van der Waals surface area contributed by atoms with Crippen molar-refractivity contribution >= 4 is 10.0 Å². The molecule has 0 unspecified atom stereocenters. The molecule has 5 atom stereocenters. The number of piperidine rings is 1. The summed E-state index contributed by atoms with van der Waals surface area (Å²) in [6, 6.07) is 12.9. The van der Waals surface area contributed by atoms with Crippen molar-refractivity contribution in [2.24, 2.45) is 0 Å². The average molecular weight is 485 g/mol. The van der Waals surface area contributed by atoms with E-state index in [2.05, 4.69) is 18.0 Å². The number of rotatable bonds is 5. The fraction of sp³-hybridized carbons (Fsp3) is 0.538. The zero-order valence-electron chi connectivity index (χ0n) is 19.9. The van der Waals surface area contributed by atoms with Gasteiger partial charge in [0.1, 0.15) is 6.10 Å². The summed E-state index contributed by atoms with van der Waals surface area (Å²) in [6.45, 7) is 0.829. The number of aliphatic hydroxyl groups is 1. The lowest BCUT2D eigenvalue weighted by molar-refractivity contribution is -0.191. The van der Waals surface area contributed by atoms with Crippen molar-refractivity contribution in [3.8, 4) is 11.5 Å². The van der Waals surface area contributed by atoms with Crippen molar-refractivity contribution in [1.82, 2.24) is 9.21 Å². The lowest BCUT2D eigenvalue weighted by atomic mass is 9.48. The number of hydrogen-bond donors (Lipinski definition) is 1. The minimum Gasteiger partial charge on any atom is -0.493 e. The van der Waals surface area contributed by atoms with Crippen molar-refractivity contribution in [3.05, 3.63) is 59.2 Å². The predicted octanol–water partition coefficient (Wildman–Crippen LogP) is 2.31. The van der Waals surface area contributed by atoms with Gasteiger partial charge in [0.25, 0.3) is 0 Å². The number of methoxy groups -OCH3 is 1. The molecule has 2 aromatic rings. The molecule has 2 aliphatic carbocycles. The van der Waals surface area contributed by atoms with E-state index in [4.69, 9.17) is 9.47 Å². The molecule has 6 rings (SSSR count). The molecule has 2 aromatic carbocycles. The first-order chi connectivity index (χ1) is 16.2. The molecule has 2 bridgehead atoms. The molecular formula is C26H32N2O5S. The number of likely N-dealkylation sites (tertiary alicyclic amines) is 1. The van der Waals surface area contributed by atoms with Gasteiger partial charge in [-0.3, -0.25) is 0 Å². The molecule has 1 saturated carbocycles. The second-order valence-electron chi connectivity index (χ2n) is 10.4. The van der Waals surface area contributed by atoms with Crippen LogP contribution in [0.4, 0.5) is 0 Å². The Bertz CT molecular complexity index is 1240. The Kier molecular flexibility index (Phi) is 4.88. The van der Waals surface area contributed by atoms with Crippen molar-refractivity contribution in [2.75, 3.05) is 27.7 Å². The van der Waals surface area contributed by atoms with E-state index in [0.29, 0.717) is 24.3 Å². The number of ether oxygens (including phenoxy) is 2. The Morgan fingerprint density at radius 3 is 2.71 bits per heavy atom. The van der Waals surface area contributed by atoms with Crippen LogP contribution in [0.3, 0.4) is 0 Å². The Balaban J connectivity index is 1.46. The highest BCUT2D eigenvalue weighted by molar-refractivity contribution is 7.88. The molecule has 4 aliphatic rings. The third kappa shape index (κ3) is 2.77. The molecule has 2 fully saturated rings. The van der Waals surface area contributed by atoms with Crippen molar-refractivity contribution in [3.63, 3.8) is 0 Å². The van der Waals surface area contributed by atoms with Crippen LogP contribution < -0.4 is 9.47 Å². The molecule has 0 aromatic heterocycles. The summed E-state index contributed by atoms with van der Waals surface area (Å²) in [4.78, 5) is 2.27. The van der Waals surface area contributed by atoms with E-state index in [1.165, 1.54) is 9.87 Å². The molecule has 1 spiro atoms. The van der Waals surface area contributed by atoms with E-state index in [1.54, 1.807) is 14.2 Å². The lowest BCUT2D eigenvalue weighted by Gasteiger charge is -2.64. The fourth-order valence-electron chi connectivity index (χ4n) is 7.34. The van der Waals surface area contributed by atoms with Gasteiger partial charge in [0, 0.05) is 18.7 Å². The number of benzene rings is 2. The maximum Gasteiger partial charge on any atom is 0.218 e. The van der Waals surface area contributed by atoms with E-state index in [1.807, 2.05) is 36.4 Å². The van der Waals surface area contributed by atoms with Gasteiger partial charge in [-0.2, -0.15) is 4.31 Å². The Hall–Kier alpha value is -2.13. The van der Waals surface area contributed by atoms with E-state index in [0.717, 1.165) is 30.5 Å². The molecule has 7 nitrogen and oxygen atoms in total. The highest BCUT2D eigenvalue weighted by atomic mass is 32.2. The van der Waals surface area contributed by atoms with Gasteiger partial charge >= 0.3 is 0 Å². The first-order valence-electron chi connectivity index (χ1n) is 12.0. The van der Waals surface area contributed by atoms with Gasteiger partial charge in [0.15, 0.2) is 11.5 Å². The summed E-state index contributed by atoms with van der Waals surface area (Å²) in [6.07, 6.45) is 2.09. The summed E-state index contributed by atoms with van der Waals surface area (Å²) >= 11 is 0. The second-order valence-corrected chi connectivity index (χ2v) is 12.4. The Morgan fingerprint density at radius 2 is 1.97 bits per heavy atom. The zero-order chi connectivity index (χ0) is 23.9. The molecule has 2 heterocycles. The summed E-state index contributed by atoms with van der Waals surface area (Å²) in [5.41, 5.74) is 1.35. The maximum absolute atomic E-state index is 13.5. The standard InChI is InChI=1S/C26H32N2O5S/c1-27-14-13-25-22-18-9-10-20(32-3)23(22)33-24(25)19(11-12-26(25,29)21(27)15-18)28(2)34(30,31)16-17-7-5-4-6-8-17/h4-10,19,21,24,29H,11-16H2,1-3H3/t19-,21+,24-,25-,26+/m0/s1. The van der Waals surface area contributed by atoms with Crippen LogP contribution in [-0.4, -0.2) is 74.3 Å². The van der Waals surface area contributed by atoms with Gasteiger partial charge in [0.2, 0.25) is 10.0 Å². The van der Waals surface area contributed by atoms with Crippen LogP contribution in [0.25, 0.3) is 0 Å². The molecule has 1 N–H and O–H groups in total.